The summed E-state index contributed by atoms with van der Waals surface area (Å²) >= 11 is 1.73. The molecule has 1 aromatic rings. The van der Waals surface area contributed by atoms with Crippen LogP contribution in [0.1, 0.15) is 31.2 Å². The minimum atomic E-state index is -0.369. The summed E-state index contributed by atoms with van der Waals surface area (Å²) in [5.74, 6) is 0.937. The van der Waals surface area contributed by atoms with Gasteiger partial charge >= 0.3 is 0 Å². The number of hydrogen-bond acceptors (Lipinski definition) is 3. The predicted octanol–water partition coefficient (Wildman–Crippen LogP) is 2.60. The molecule has 0 unspecified atom stereocenters. The van der Waals surface area contributed by atoms with Crippen molar-refractivity contribution in [2.24, 2.45) is 11.1 Å². The minimum Gasteiger partial charge on any atom is -0.354 e. The Labute approximate surface area is 132 Å². The molecule has 1 saturated carbocycles. The SMILES string of the molecule is CSCC[C@H](N)C(=O)NCC1(Cc2ccccc2)CCC1. The van der Waals surface area contributed by atoms with Crippen LogP contribution in [-0.2, 0) is 11.2 Å². The van der Waals surface area contributed by atoms with Crippen molar-refractivity contribution in [1.29, 1.82) is 0 Å². The van der Waals surface area contributed by atoms with Crippen LogP contribution in [0.2, 0.25) is 0 Å². The van der Waals surface area contributed by atoms with E-state index in [0.717, 1.165) is 25.1 Å². The Morgan fingerprint density at radius 2 is 2.10 bits per heavy atom. The minimum absolute atomic E-state index is 0.00314. The highest BCUT2D eigenvalue weighted by molar-refractivity contribution is 7.98. The second-order valence-electron chi connectivity index (χ2n) is 6.12. The molecule has 0 aliphatic heterocycles. The maximum Gasteiger partial charge on any atom is 0.236 e. The molecule has 0 bridgehead atoms. The number of carbonyl (C=O) groups is 1. The van der Waals surface area contributed by atoms with E-state index in [2.05, 4.69) is 29.6 Å². The van der Waals surface area contributed by atoms with Crippen LogP contribution in [0.4, 0.5) is 0 Å². The van der Waals surface area contributed by atoms with E-state index in [4.69, 9.17) is 5.73 Å². The fourth-order valence-corrected chi connectivity index (χ4v) is 3.39. The molecule has 21 heavy (non-hydrogen) atoms. The lowest BCUT2D eigenvalue weighted by Crippen LogP contribution is -2.48. The van der Waals surface area contributed by atoms with Gasteiger partial charge in [0.05, 0.1) is 6.04 Å². The largest absolute Gasteiger partial charge is 0.354 e. The average molecular weight is 306 g/mol. The second kappa shape index (κ2) is 7.85. The summed E-state index contributed by atoms with van der Waals surface area (Å²) in [7, 11) is 0. The van der Waals surface area contributed by atoms with Crippen molar-refractivity contribution in [2.75, 3.05) is 18.6 Å². The molecule has 0 saturated heterocycles. The highest BCUT2D eigenvalue weighted by atomic mass is 32.2. The Morgan fingerprint density at radius 1 is 1.38 bits per heavy atom. The molecule has 4 heteroatoms. The normalized spacial score (nSPS) is 17.8. The van der Waals surface area contributed by atoms with Gasteiger partial charge in [-0.15, -0.1) is 0 Å². The molecule has 1 aliphatic rings. The van der Waals surface area contributed by atoms with E-state index in [1.165, 1.54) is 24.8 Å². The number of nitrogens with one attached hydrogen (secondary N) is 1. The van der Waals surface area contributed by atoms with Crippen LogP contribution >= 0.6 is 11.8 Å². The highest BCUT2D eigenvalue weighted by Gasteiger charge is 2.37. The zero-order chi connectivity index (χ0) is 15.1. The van der Waals surface area contributed by atoms with Crippen molar-refractivity contribution < 1.29 is 4.79 Å². The maximum absolute atomic E-state index is 12.0. The first kappa shape index (κ1) is 16.4. The predicted molar refractivity (Wildman–Crippen MR) is 90.4 cm³/mol. The van der Waals surface area contributed by atoms with Gasteiger partial charge in [0.15, 0.2) is 0 Å². The Balaban J connectivity index is 1.83. The van der Waals surface area contributed by atoms with Gasteiger partial charge in [-0.1, -0.05) is 36.8 Å². The van der Waals surface area contributed by atoms with E-state index in [1.807, 2.05) is 12.3 Å². The van der Waals surface area contributed by atoms with Crippen molar-refractivity contribution >= 4 is 17.7 Å². The lowest BCUT2D eigenvalue weighted by Gasteiger charge is -2.42. The average Bonchev–Trinajstić information content (AvgIpc) is 2.48. The first-order chi connectivity index (χ1) is 10.2. The first-order valence-corrected chi connectivity index (χ1v) is 9.11. The molecule has 0 radical (unpaired) electrons. The lowest BCUT2D eigenvalue weighted by atomic mass is 9.65. The van der Waals surface area contributed by atoms with Crippen molar-refractivity contribution in [3.63, 3.8) is 0 Å². The molecule has 3 N–H and O–H groups in total. The van der Waals surface area contributed by atoms with Gasteiger partial charge in [-0.2, -0.15) is 11.8 Å². The number of carbonyl (C=O) groups excluding carboxylic acids is 1. The Bertz CT molecular complexity index is 445. The second-order valence-corrected chi connectivity index (χ2v) is 7.11. The Kier molecular flexibility index (Phi) is 6.12. The third-order valence-electron chi connectivity index (χ3n) is 4.44. The Morgan fingerprint density at radius 3 is 2.67 bits per heavy atom. The fourth-order valence-electron chi connectivity index (χ4n) is 2.90. The van der Waals surface area contributed by atoms with Crippen LogP contribution in [0.5, 0.6) is 0 Å². The third-order valence-corrected chi connectivity index (χ3v) is 5.09. The standard InChI is InChI=1S/C17H26N2OS/c1-21-11-8-15(18)16(20)19-13-17(9-5-10-17)12-14-6-3-2-4-7-14/h2-4,6-7,15H,5,8-13,18H2,1H3,(H,19,20)/t15-/m0/s1. The van der Waals surface area contributed by atoms with Crippen LogP contribution in [0.15, 0.2) is 30.3 Å². The summed E-state index contributed by atoms with van der Waals surface area (Å²) in [5.41, 5.74) is 7.52. The van der Waals surface area contributed by atoms with Crippen LogP contribution in [0, 0.1) is 5.41 Å². The van der Waals surface area contributed by atoms with Gasteiger partial charge in [-0.05, 0) is 48.7 Å². The highest BCUT2D eigenvalue weighted by Crippen LogP contribution is 2.43. The molecule has 2 rings (SSSR count). The maximum atomic E-state index is 12.0. The molecular weight excluding hydrogens is 280 g/mol. The third kappa shape index (κ3) is 4.75. The van der Waals surface area contributed by atoms with Crippen molar-refractivity contribution in [3.05, 3.63) is 35.9 Å². The number of rotatable bonds is 8. The van der Waals surface area contributed by atoms with E-state index in [-0.39, 0.29) is 17.4 Å². The zero-order valence-electron chi connectivity index (χ0n) is 12.8. The van der Waals surface area contributed by atoms with Gasteiger partial charge in [-0.25, -0.2) is 0 Å². The topological polar surface area (TPSA) is 55.1 Å². The van der Waals surface area contributed by atoms with Crippen molar-refractivity contribution in [3.8, 4) is 0 Å². The molecule has 1 aromatic carbocycles. The quantitative estimate of drug-likeness (QED) is 0.776. The number of benzene rings is 1. The van der Waals surface area contributed by atoms with E-state index >= 15 is 0 Å². The Hall–Kier alpha value is -1.00. The molecule has 3 nitrogen and oxygen atoms in total. The molecule has 0 spiro atoms. The molecule has 1 fully saturated rings. The first-order valence-electron chi connectivity index (χ1n) is 7.71. The summed E-state index contributed by atoms with van der Waals surface area (Å²) in [6.45, 7) is 0.758. The molecule has 1 amide bonds. The van der Waals surface area contributed by atoms with Gasteiger partial charge in [0.25, 0.3) is 0 Å². The molecule has 116 valence electrons. The fraction of sp³-hybridized carbons (Fsp3) is 0.588. The van der Waals surface area contributed by atoms with Crippen LogP contribution < -0.4 is 11.1 Å². The van der Waals surface area contributed by atoms with E-state index in [0.29, 0.717) is 0 Å². The van der Waals surface area contributed by atoms with Crippen LogP contribution in [0.25, 0.3) is 0 Å². The summed E-state index contributed by atoms with van der Waals surface area (Å²) in [4.78, 5) is 12.0. The number of hydrogen-bond donors (Lipinski definition) is 2. The van der Waals surface area contributed by atoms with E-state index in [9.17, 15) is 4.79 Å². The zero-order valence-corrected chi connectivity index (χ0v) is 13.6. The number of thioether (sulfide) groups is 1. The number of amides is 1. The van der Waals surface area contributed by atoms with Crippen LogP contribution in [0.3, 0.4) is 0 Å². The monoisotopic (exact) mass is 306 g/mol. The molecular formula is C17H26N2OS. The lowest BCUT2D eigenvalue weighted by molar-refractivity contribution is -0.123. The smallest absolute Gasteiger partial charge is 0.236 e. The molecule has 0 heterocycles. The van der Waals surface area contributed by atoms with Gasteiger partial charge in [0.1, 0.15) is 0 Å². The van der Waals surface area contributed by atoms with Gasteiger partial charge in [0, 0.05) is 6.54 Å². The van der Waals surface area contributed by atoms with E-state index in [1.54, 1.807) is 11.8 Å². The summed E-state index contributed by atoms with van der Waals surface area (Å²) in [6.07, 6.45) is 7.49. The van der Waals surface area contributed by atoms with Gasteiger partial charge in [0.2, 0.25) is 5.91 Å². The summed E-state index contributed by atoms with van der Waals surface area (Å²) in [6, 6.07) is 10.2. The van der Waals surface area contributed by atoms with E-state index < -0.39 is 0 Å². The number of nitrogens with two attached hydrogens (primary N) is 1. The summed E-state index contributed by atoms with van der Waals surface area (Å²) < 4.78 is 0. The van der Waals surface area contributed by atoms with Gasteiger partial charge < -0.3 is 11.1 Å². The van der Waals surface area contributed by atoms with Crippen LogP contribution in [-0.4, -0.2) is 30.5 Å². The molecule has 0 aromatic heterocycles. The summed E-state index contributed by atoms with van der Waals surface area (Å²) in [5, 5.41) is 3.08. The van der Waals surface area contributed by atoms with Crippen molar-refractivity contribution in [2.45, 2.75) is 38.1 Å². The molecule has 1 aliphatic carbocycles. The van der Waals surface area contributed by atoms with Gasteiger partial charge in [-0.3, -0.25) is 4.79 Å². The molecule has 1 atom stereocenters. The van der Waals surface area contributed by atoms with Crippen molar-refractivity contribution in [1.82, 2.24) is 5.32 Å².